The van der Waals surface area contributed by atoms with Crippen molar-refractivity contribution in [2.45, 2.75) is 6.92 Å². The van der Waals surface area contributed by atoms with Gasteiger partial charge in [-0.25, -0.2) is 0 Å². The van der Waals surface area contributed by atoms with E-state index in [0.717, 1.165) is 16.7 Å². The molecule has 0 atom stereocenters. The van der Waals surface area contributed by atoms with Gasteiger partial charge in [0.15, 0.2) is 18.1 Å². The van der Waals surface area contributed by atoms with Gasteiger partial charge in [-0.1, -0.05) is 17.7 Å². The van der Waals surface area contributed by atoms with Crippen LogP contribution in [0, 0.1) is 11.3 Å². The van der Waals surface area contributed by atoms with Crippen LogP contribution < -0.4 is 14.8 Å². The highest BCUT2D eigenvalue weighted by Gasteiger charge is 2.36. The molecule has 0 saturated carbocycles. The van der Waals surface area contributed by atoms with E-state index < -0.39 is 23.6 Å². The van der Waals surface area contributed by atoms with Crippen LogP contribution in [-0.2, 0) is 9.59 Å². The van der Waals surface area contributed by atoms with Crippen LogP contribution >= 0.6 is 39.3 Å². The first kappa shape index (κ1) is 24.6. The van der Waals surface area contributed by atoms with E-state index in [0.29, 0.717) is 38.9 Å². The predicted octanol–water partition coefficient (Wildman–Crippen LogP) is 5.08. The van der Waals surface area contributed by atoms with E-state index in [2.05, 4.69) is 21.2 Å². The number of nitriles is 1. The van der Waals surface area contributed by atoms with Crippen LogP contribution in [0.2, 0.25) is 5.02 Å². The van der Waals surface area contributed by atoms with E-state index in [4.69, 9.17) is 26.3 Å². The minimum atomic E-state index is -0.572. The van der Waals surface area contributed by atoms with Gasteiger partial charge in [0.1, 0.15) is 12.6 Å². The number of imide groups is 1. The Balaban J connectivity index is 1.72. The molecule has 1 fully saturated rings. The SMILES string of the molecule is CCOc1cc(/C=C2\SC(=O)N(CC(=O)Nc3ccc(Br)c(Cl)c3)C2=O)ccc1OCC#N. The van der Waals surface area contributed by atoms with Crippen LogP contribution in [0.5, 0.6) is 11.5 Å². The van der Waals surface area contributed by atoms with Gasteiger partial charge in [-0.2, -0.15) is 5.26 Å². The van der Waals surface area contributed by atoms with Crippen LogP contribution in [0.15, 0.2) is 45.8 Å². The standard InChI is InChI=1S/C22H17BrClN3O5S/c1-2-31-18-9-13(3-6-17(18)32-8-7-25)10-19-21(29)27(22(30)33-19)12-20(28)26-14-4-5-15(23)16(24)11-14/h3-6,9-11H,2,8,12H2,1H3,(H,26,28)/b19-10-. The summed E-state index contributed by atoms with van der Waals surface area (Å²) >= 11 is 10.0. The van der Waals surface area contributed by atoms with Crippen LogP contribution in [0.3, 0.4) is 0 Å². The zero-order valence-electron chi connectivity index (χ0n) is 17.3. The summed E-state index contributed by atoms with van der Waals surface area (Å²) in [7, 11) is 0. The molecule has 3 rings (SSSR count). The number of anilines is 1. The summed E-state index contributed by atoms with van der Waals surface area (Å²) in [4.78, 5) is 38.5. The Morgan fingerprint density at radius 2 is 2.03 bits per heavy atom. The molecule has 170 valence electrons. The molecular formula is C22H17BrClN3O5S. The topological polar surface area (TPSA) is 109 Å². The number of halogens is 2. The monoisotopic (exact) mass is 549 g/mol. The molecule has 33 heavy (non-hydrogen) atoms. The average Bonchev–Trinajstić information content (AvgIpc) is 3.03. The number of benzene rings is 2. The maximum Gasteiger partial charge on any atom is 0.294 e. The number of carbonyl (C=O) groups excluding carboxylic acids is 3. The maximum absolute atomic E-state index is 12.7. The first-order valence-corrected chi connectivity index (χ1v) is 11.6. The van der Waals surface area contributed by atoms with Crippen molar-refractivity contribution in [1.82, 2.24) is 4.90 Å². The Bertz CT molecular complexity index is 1180. The smallest absolute Gasteiger partial charge is 0.294 e. The molecule has 1 saturated heterocycles. The van der Waals surface area contributed by atoms with E-state index in [9.17, 15) is 14.4 Å². The van der Waals surface area contributed by atoms with Gasteiger partial charge in [-0.15, -0.1) is 0 Å². The zero-order chi connectivity index (χ0) is 24.0. The summed E-state index contributed by atoms with van der Waals surface area (Å²) in [6.45, 7) is 1.62. The van der Waals surface area contributed by atoms with Crippen molar-refractivity contribution in [2.24, 2.45) is 0 Å². The fraction of sp³-hybridized carbons (Fsp3) is 0.182. The van der Waals surface area contributed by atoms with Gasteiger partial charge in [-0.05, 0) is 76.6 Å². The van der Waals surface area contributed by atoms with Crippen molar-refractivity contribution in [1.29, 1.82) is 5.26 Å². The van der Waals surface area contributed by atoms with E-state index in [1.807, 2.05) is 6.07 Å². The lowest BCUT2D eigenvalue weighted by Gasteiger charge is -2.13. The minimum Gasteiger partial charge on any atom is -0.490 e. The fourth-order valence-electron chi connectivity index (χ4n) is 2.82. The highest BCUT2D eigenvalue weighted by molar-refractivity contribution is 9.10. The molecule has 1 heterocycles. The quantitative estimate of drug-likeness (QED) is 0.457. The molecule has 0 bridgehead atoms. The maximum atomic E-state index is 12.7. The molecule has 0 spiro atoms. The van der Waals surface area contributed by atoms with Crippen molar-refractivity contribution >= 4 is 68.1 Å². The second-order valence-corrected chi connectivity index (χ2v) is 8.79. The molecule has 1 aliphatic heterocycles. The lowest BCUT2D eigenvalue weighted by molar-refractivity contribution is -0.127. The van der Waals surface area contributed by atoms with E-state index >= 15 is 0 Å². The number of amides is 3. The molecule has 1 N–H and O–H groups in total. The van der Waals surface area contributed by atoms with Crippen molar-refractivity contribution < 1.29 is 23.9 Å². The molecule has 2 aromatic carbocycles. The average molecular weight is 551 g/mol. The van der Waals surface area contributed by atoms with Crippen molar-refractivity contribution in [3.63, 3.8) is 0 Å². The Morgan fingerprint density at radius 1 is 1.24 bits per heavy atom. The van der Waals surface area contributed by atoms with Gasteiger partial charge in [0.25, 0.3) is 11.1 Å². The summed E-state index contributed by atoms with van der Waals surface area (Å²) in [5.41, 5.74) is 1.04. The number of nitrogens with zero attached hydrogens (tertiary/aromatic N) is 2. The summed E-state index contributed by atoms with van der Waals surface area (Å²) in [6.07, 6.45) is 1.54. The Morgan fingerprint density at radius 3 is 2.73 bits per heavy atom. The van der Waals surface area contributed by atoms with Crippen LogP contribution in [0.1, 0.15) is 12.5 Å². The predicted molar refractivity (Wildman–Crippen MR) is 129 cm³/mol. The van der Waals surface area contributed by atoms with Gasteiger partial charge in [0, 0.05) is 10.2 Å². The molecule has 0 aliphatic carbocycles. The Hall–Kier alpha value is -3.00. The van der Waals surface area contributed by atoms with Gasteiger partial charge in [0.2, 0.25) is 5.91 Å². The van der Waals surface area contributed by atoms with Gasteiger partial charge < -0.3 is 14.8 Å². The highest BCUT2D eigenvalue weighted by atomic mass is 79.9. The number of hydrogen-bond acceptors (Lipinski definition) is 7. The van der Waals surface area contributed by atoms with Gasteiger partial charge in [-0.3, -0.25) is 19.3 Å². The molecule has 0 aromatic heterocycles. The van der Waals surface area contributed by atoms with E-state index in [-0.39, 0.29) is 11.5 Å². The van der Waals surface area contributed by atoms with E-state index in [1.54, 1.807) is 43.3 Å². The fourth-order valence-corrected chi connectivity index (χ4v) is 4.08. The number of hydrogen-bond donors (Lipinski definition) is 1. The summed E-state index contributed by atoms with van der Waals surface area (Å²) in [5, 5.41) is 11.2. The lowest BCUT2D eigenvalue weighted by Crippen LogP contribution is -2.36. The summed E-state index contributed by atoms with van der Waals surface area (Å²) in [6, 6.07) is 11.7. The third kappa shape index (κ3) is 6.28. The molecule has 11 heteroatoms. The Labute approximate surface area is 207 Å². The van der Waals surface area contributed by atoms with Gasteiger partial charge in [0.05, 0.1) is 16.5 Å². The van der Waals surface area contributed by atoms with Crippen molar-refractivity contribution in [2.75, 3.05) is 25.1 Å². The minimum absolute atomic E-state index is 0.132. The lowest BCUT2D eigenvalue weighted by atomic mass is 10.2. The second-order valence-electron chi connectivity index (χ2n) is 6.53. The number of rotatable bonds is 8. The van der Waals surface area contributed by atoms with Crippen molar-refractivity contribution in [3.05, 3.63) is 56.4 Å². The molecule has 3 amide bonds. The molecule has 1 aliphatic rings. The molecule has 8 nitrogen and oxygen atoms in total. The molecule has 2 aromatic rings. The molecule has 0 radical (unpaired) electrons. The number of thioether (sulfide) groups is 1. The zero-order valence-corrected chi connectivity index (χ0v) is 20.4. The van der Waals surface area contributed by atoms with Crippen LogP contribution in [-0.4, -0.2) is 41.7 Å². The van der Waals surface area contributed by atoms with Crippen LogP contribution in [0.4, 0.5) is 10.5 Å². The van der Waals surface area contributed by atoms with Crippen molar-refractivity contribution in [3.8, 4) is 17.6 Å². The summed E-state index contributed by atoms with van der Waals surface area (Å²) < 4.78 is 11.5. The molecule has 0 unspecified atom stereocenters. The number of carbonyl (C=O) groups is 3. The number of ether oxygens (including phenoxy) is 2. The third-order valence-electron chi connectivity index (χ3n) is 4.24. The molecular weight excluding hydrogens is 534 g/mol. The first-order chi connectivity index (χ1) is 15.8. The van der Waals surface area contributed by atoms with Gasteiger partial charge >= 0.3 is 0 Å². The summed E-state index contributed by atoms with van der Waals surface area (Å²) in [5.74, 6) is -0.298. The van der Waals surface area contributed by atoms with E-state index in [1.165, 1.54) is 6.08 Å². The third-order valence-corrected chi connectivity index (χ3v) is 6.38. The Kier molecular flexibility index (Phi) is 8.38. The first-order valence-electron chi connectivity index (χ1n) is 9.59. The second kappa shape index (κ2) is 11.2. The highest BCUT2D eigenvalue weighted by Crippen LogP contribution is 2.34. The largest absolute Gasteiger partial charge is 0.490 e. The normalized spacial score (nSPS) is 14.4. The van der Waals surface area contributed by atoms with Crippen LogP contribution in [0.25, 0.3) is 6.08 Å². The number of nitrogens with one attached hydrogen (secondary N) is 1.